The zero-order chi connectivity index (χ0) is 16.9. The Bertz CT molecular complexity index is 1040. The van der Waals surface area contributed by atoms with E-state index in [0.717, 1.165) is 11.6 Å². The molecule has 0 aliphatic heterocycles. The maximum Gasteiger partial charge on any atom is 0.316 e. The first-order valence-electron chi connectivity index (χ1n) is 8.31. The topological polar surface area (TPSA) is 26.3 Å². The molecule has 0 bridgehead atoms. The molecule has 0 unspecified atom stereocenters. The predicted octanol–water partition coefficient (Wildman–Crippen LogP) is 3.46. The molecular weight excluding hydrogens is 296 g/mol. The van der Waals surface area contributed by atoms with Crippen LogP contribution in [0.5, 0.6) is 0 Å². The Labute approximate surface area is 141 Å². The van der Waals surface area contributed by atoms with E-state index < -0.39 is 5.41 Å². The van der Waals surface area contributed by atoms with Crippen molar-refractivity contribution in [1.29, 1.82) is 0 Å². The van der Waals surface area contributed by atoms with Crippen molar-refractivity contribution < 1.29 is 9.53 Å². The van der Waals surface area contributed by atoms with Gasteiger partial charge in [-0.15, -0.1) is 0 Å². The van der Waals surface area contributed by atoms with Crippen LogP contribution in [-0.4, -0.2) is 5.97 Å². The molecule has 24 heavy (non-hydrogen) atoms. The third kappa shape index (κ3) is 2.39. The van der Waals surface area contributed by atoms with Gasteiger partial charge >= 0.3 is 5.97 Å². The van der Waals surface area contributed by atoms with Crippen LogP contribution in [0, 0.1) is 5.41 Å². The van der Waals surface area contributed by atoms with Crippen LogP contribution in [-0.2, 0) is 16.0 Å². The summed E-state index contributed by atoms with van der Waals surface area (Å²) >= 11 is 0. The summed E-state index contributed by atoms with van der Waals surface area (Å²) < 4.78 is 5.55. The van der Waals surface area contributed by atoms with Gasteiger partial charge in [0.2, 0.25) is 0 Å². The summed E-state index contributed by atoms with van der Waals surface area (Å²) in [7, 11) is 0. The van der Waals surface area contributed by atoms with E-state index in [1.165, 1.54) is 27.1 Å². The monoisotopic (exact) mass is 316 g/mol. The first-order chi connectivity index (χ1) is 11.4. The van der Waals surface area contributed by atoms with Crippen molar-refractivity contribution in [3.05, 3.63) is 63.7 Å². The van der Waals surface area contributed by atoms with Gasteiger partial charge in [0, 0.05) is 0 Å². The van der Waals surface area contributed by atoms with Crippen LogP contribution in [0.2, 0.25) is 0 Å². The zero-order valence-corrected chi connectivity index (χ0v) is 14.2. The van der Waals surface area contributed by atoms with Crippen LogP contribution in [0.15, 0.2) is 42.2 Å². The van der Waals surface area contributed by atoms with Crippen molar-refractivity contribution in [3.8, 4) is 0 Å². The molecule has 2 aromatic rings. The van der Waals surface area contributed by atoms with Gasteiger partial charge in [-0.05, 0) is 71.7 Å². The van der Waals surface area contributed by atoms with E-state index in [-0.39, 0.29) is 5.97 Å². The Morgan fingerprint density at radius 3 is 2.58 bits per heavy atom. The van der Waals surface area contributed by atoms with Crippen LogP contribution < -0.4 is 10.4 Å². The van der Waals surface area contributed by atoms with Gasteiger partial charge in [0.05, 0.1) is 5.41 Å². The molecule has 0 spiro atoms. The molecule has 0 fully saturated rings. The van der Waals surface area contributed by atoms with Gasteiger partial charge in [0.15, 0.2) is 0 Å². The van der Waals surface area contributed by atoms with E-state index in [4.69, 9.17) is 4.74 Å². The summed E-state index contributed by atoms with van der Waals surface area (Å²) in [6.07, 6.45) is 11.2. The molecule has 2 heteroatoms. The van der Waals surface area contributed by atoms with Gasteiger partial charge in [0.25, 0.3) is 0 Å². The molecule has 0 aromatic heterocycles. The molecular formula is C22H20O2. The average molecular weight is 316 g/mol. The van der Waals surface area contributed by atoms with E-state index in [2.05, 4.69) is 42.5 Å². The largest absolute Gasteiger partial charge is 0.426 e. The second-order valence-electron chi connectivity index (χ2n) is 7.42. The van der Waals surface area contributed by atoms with Gasteiger partial charge < -0.3 is 4.74 Å². The number of hydrogen-bond acceptors (Lipinski definition) is 2. The second-order valence-corrected chi connectivity index (χ2v) is 7.42. The van der Waals surface area contributed by atoms with Crippen molar-refractivity contribution in [2.45, 2.75) is 27.2 Å². The van der Waals surface area contributed by atoms with E-state index in [1.54, 1.807) is 0 Å². The van der Waals surface area contributed by atoms with Crippen molar-refractivity contribution in [3.63, 3.8) is 0 Å². The fourth-order valence-electron chi connectivity index (χ4n) is 3.21. The summed E-state index contributed by atoms with van der Waals surface area (Å²) in [4.78, 5) is 12.1. The summed E-state index contributed by atoms with van der Waals surface area (Å²) in [6.45, 7) is 5.60. The van der Waals surface area contributed by atoms with Crippen LogP contribution >= 0.6 is 0 Å². The first-order valence-corrected chi connectivity index (χ1v) is 8.31. The lowest BCUT2D eigenvalue weighted by molar-refractivity contribution is -0.147. The number of benzene rings is 2. The number of fused-ring (bicyclic) bond motifs is 5. The molecule has 0 saturated heterocycles. The molecule has 2 aliphatic rings. The van der Waals surface area contributed by atoms with Crippen molar-refractivity contribution >= 4 is 35.0 Å². The van der Waals surface area contributed by atoms with Gasteiger partial charge in [-0.3, -0.25) is 4.79 Å². The Balaban J connectivity index is 1.78. The SMILES string of the molecule is CC(C)(C)C(=O)OC1=CCc2c(ccc3c4c(ccc23)=CC=C4)=C1. The highest BCUT2D eigenvalue weighted by atomic mass is 16.5. The fraction of sp³-hybridized carbons (Fsp3) is 0.227. The lowest BCUT2D eigenvalue weighted by Crippen LogP contribution is -2.24. The highest BCUT2D eigenvalue weighted by Crippen LogP contribution is 2.24. The minimum Gasteiger partial charge on any atom is -0.426 e. The number of carbonyl (C=O) groups excluding carboxylic acids is 1. The molecule has 120 valence electrons. The summed E-state index contributed by atoms with van der Waals surface area (Å²) in [5, 5.41) is 4.97. The van der Waals surface area contributed by atoms with Crippen molar-refractivity contribution in [1.82, 2.24) is 0 Å². The summed E-state index contributed by atoms with van der Waals surface area (Å²) in [6, 6.07) is 8.67. The van der Waals surface area contributed by atoms with Crippen LogP contribution in [0.3, 0.4) is 0 Å². The molecule has 0 heterocycles. The predicted molar refractivity (Wildman–Crippen MR) is 98.5 cm³/mol. The Hall–Kier alpha value is -2.61. The average Bonchev–Trinajstić information content (AvgIpc) is 3.02. The van der Waals surface area contributed by atoms with Crippen molar-refractivity contribution in [2.24, 2.45) is 5.41 Å². The molecule has 0 N–H and O–H groups in total. The van der Waals surface area contributed by atoms with E-state index in [1.807, 2.05) is 32.9 Å². The van der Waals surface area contributed by atoms with Crippen LogP contribution in [0.4, 0.5) is 0 Å². The molecule has 2 nitrogen and oxygen atoms in total. The Morgan fingerprint density at radius 2 is 1.79 bits per heavy atom. The number of ether oxygens (including phenoxy) is 1. The van der Waals surface area contributed by atoms with E-state index in [0.29, 0.717) is 5.76 Å². The highest BCUT2D eigenvalue weighted by molar-refractivity contribution is 5.96. The number of hydrogen-bond donors (Lipinski definition) is 0. The van der Waals surface area contributed by atoms with Crippen molar-refractivity contribution in [2.75, 3.05) is 0 Å². The third-order valence-corrected chi connectivity index (χ3v) is 4.59. The molecule has 0 amide bonds. The highest BCUT2D eigenvalue weighted by Gasteiger charge is 2.24. The molecule has 0 radical (unpaired) electrons. The Kier molecular flexibility index (Phi) is 3.24. The molecule has 2 aliphatic carbocycles. The number of esters is 1. The zero-order valence-electron chi connectivity index (χ0n) is 14.2. The smallest absolute Gasteiger partial charge is 0.316 e. The van der Waals surface area contributed by atoms with Gasteiger partial charge in [-0.2, -0.15) is 0 Å². The number of rotatable bonds is 1. The molecule has 2 aromatic carbocycles. The first kappa shape index (κ1) is 14.9. The van der Waals surface area contributed by atoms with Gasteiger partial charge in [-0.1, -0.05) is 42.5 Å². The van der Waals surface area contributed by atoms with Crippen LogP contribution in [0.1, 0.15) is 31.9 Å². The number of carbonyl (C=O) groups is 1. The molecule has 4 rings (SSSR count). The lowest BCUT2D eigenvalue weighted by Gasteiger charge is -2.19. The van der Waals surface area contributed by atoms with E-state index >= 15 is 0 Å². The standard InChI is InChI=1S/C22H20O2/c1-22(2,3)21(23)24-16-9-12-18-15(13-16)8-11-19-17-6-4-5-14(17)7-10-20(18)19/h4-11,13H,12H2,1-3H3. The van der Waals surface area contributed by atoms with Gasteiger partial charge in [0.1, 0.15) is 5.76 Å². The third-order valence-electron chi connectivity index (χ3n) is 4.59. The lowest BCUT2D eigenvalue weighted by atomic mass is 9.93. The minimum absolute atomic E-state index is 0.201. The summed E-state index contributed by atoms with van der Waals surface area (Å²) in [5.41, 5.74) is 2.09. The Morgan fingerprint density at radius 1 is 1.04 bits per heavy atom. The number of allylic oxidation sites excluding steroid dienone is 3. The molecule has 0 saturated carbocycles. The van der Waals surface area contributed by atoms with E-state index in [9.17, 15) is 4.79 Å². The minimum atomic E-state index is -0.498. The summed E-state index contributed by atoms with van der Waals surface area (Å²) in [5.74, 6) is 0.448. The van der Waals surface area contributed by atoms with Crippen LogP contribution in [0.25, 0.3) is 29.0 Å². The second kappa shape index (κ2) is 5.20. The fourth-order valence-corrected chi connectivity index (χ4v) is 3.21. The maximum absolute atomic E-state index is 12.1. The molecule has 0 atom stereocenters. The maximum atomic E-state index is 12.1. The quantitative estimate of drug-likeness (QED) is 0.753. The van der Waals surface area contributed by atoms with Gasteiger partial charge in [-0.25, -0.2) is 0 Å². The normalized spacial score (nSPS) is 15.2.